The fraction of sp³-hybridized carbons (Fsp3) is 0.733. The second kappa shape index (κ2) is 5.95. The van der Waals surface area contributed by atoms with E-state index in [1.54, 1.807) is 0 Å². The zero-order chi connectivity index (χ0) is 13.9. The molecule has 5 nitrogen and oxygen atoms in total. The second-order valence-corrected chi connectivity index (χ2v) is 5.85. The van der Waals surface area contributed by atoms with Gasteiger partial charge in [0.25, 0.3) is 0 Å². The molecule has 1 aliphatic heterocycles. The standard InChI is InChI=1S/C15H24N4O/c1-3-16-13-9-14(19-15(18-13)11-4-5-11)17-12-6-7-20-10(2)8-12/h9-12H,3-8H2,1-2H3,(H2,16,17,18,19). The third-order valence-corrected chi connectivity index (χ3v) is 3.88. The predicted molar refractivity (Wildman–Crippen MR) is 80.2 cm³/mol. The summed E-state index contributed by atoms with van der Waals surface area (Å²) in [7, 11) is 0. The number of ether oxygens (including phenoxy) is 1. The summed E-state index contributed by atoms with van der Waals surface area (Å²) in [5, 5.41) is 6.86. The highest BCUT2D eigenvalue weighted by molar-refractivity contribution is 5.48. The van der Waals surface area contributed by atoms with Crippen molar-refractivity contribution in [1.29, 1.82) is 0 Å². The predicted octanol–water partition coefficient (Wildman–Crippen LogP) is 2.77. The summed E-state index contributed by atoms with van der Waals surface area (Å²) >= 11 is 0. The molecule has 110 valence electrons. The van der Waals surface area contributed by atoms with Gasteiger partial charge in [0.05, 0.1) is 6.10 Å². The lowest BCUT2D eigenvalue weighted by atomic mass is 10.0. The topological polar surface area (TPSA) is 59.1 Å². The van der Waals surface area contributed by atoms with Gasteiger partial charge in [0.15, 0.2) is 0 Å². The number of hydrogen-bond acceptors (Lipinski definition) is 5. The molecule has 3 rings (SSSR count). The molecule has 2 unspecified atom stereocenters. The van der Waals surface area contributed by atoms with E-state index in [9.17, 15) is 0 Å². The minimum Gasteiger partial charge on any atom is -0.378 e. The van der Waals surface area contributed by atoms with Crippen molar-refractivity contribution in [2.75, 3.05) is 23.8 Å². The summed E-state index contributed by atoms with van der Waals surface area (Å²) < 4.78 is 5.59. The highest BCUT2D eigenvalue weighted by Crippen LogP contribution is 2.39. The smallest absolute Gasteiger partial charge is 0.136 e. The highest BCUT2D eigenvalue weighted by atomic mass is 16.5. The zero-order valence-corrected chi connectivity index (χ0v) is 12.4. The number of hydrogen-bond donors (Lipinski definition) is 2. The summed E-state index contributed by atoms with van der Waals surface area (Å²) in [4.78, 5) is 9.30. The molecule has 2 N–H and O–H groups in total. The van der Waals surface area contributed by atoms with E-state index in [-0.39, 0.29) is 0 Å². The zero-order valence-electron chi connectivity index (χ0n) is 12.4. The van der Waals surface area contributed by atoms with Crippen LogP contribution < -0.4 is 10.6 Å². The Kier molecular flexibility index (Phi) is 4.05. The fourth-order valence-electron chi connectivity index (χ4n) is 2.67. The fourth-order valence-corrected chi connectivity index (χ4v) is 2.67. The maximum absolute atomic E-state index is 5.59. The summed E-state index contributed by atoms with van der Waals surface area (Å²) in [6.45, 7) is 5.94. The van der Waals surface area contributed by atoms with Crippen molar-refractivity contribution in [3.8, 4) is 0 Å². The van der Waals surface area contributed by atoms with Crippen LogP contribution >= 0.6 is 0 Å². The molecule has 0 aromatic carbocycles. The molecule has 2 aliphatic rings. The van der Waals surface area contributed by atoms with Gasteiger partial charge < -0.3 is 15.4 Å². The van der Waals surface area contributed by atoms with Gasteiger partial charge in [0.2, 0.25) is 0 Å². The molecular formula is C15H24N4O. The largest absolute Gasteiger partial charge is 0.378 e. The van der Waals surface area contributed by atoms with Gasteiger partial charge in [-0.2, -0.15) is 0 Å². The van der Waals surface area contributed by atoms with Crippen LogP contribution in [0.1, 0.15) is 51.3 Å². The first-order valence-electron chi connectivity index (χ1n) is 7.75. The molecule has 5 heteroatoms. The number of nitrogens with one attached hydrogen (secondary N) is 2. The SMILES string of the molecule is CCNc1cc(NC2CCOC(C)C2)nc(C2CC2)n1. The summed E-state index contributed by atoms with van der Waals surface area (Å²) in [5.41, 5.74) is 0. The Morgan fingerprint density at radius 3 is 2.75 bits per heavy atom. The van der Waals surface area contributed by atoms with Gasteiger partial charge in [0, 0.05) is 31.2 Å². The first-order chi connectivity index (χ1) is 9.74. The average Bonchev–Trinajstić information content (AvgIpc) is 3.23. The maximum Gasteiger partial charge on any atom is 0.136 e. The van der Waals surface area contributed by atoms with E-state index < -0.39 is 0 Å². The molecule has 1 saturated heterocycles. The van der Waals surface area contributed by atoms with Crippen molar-refractivity contribution in [3.63, 3.8) is 0 Å². The lowest BCUT2D eigenvalue weighted by Crippen LogP contribution is -2.32. The molecule has 0 bridgehead atoms. The van der Waals surface area contributed by atoms with Crippen LogP contribution in [-0.2, 0) is 4.74 Å². The maximum atomic E-state index is 5.59. The Bertz CT molecular complexity index is 461. The molecule has 2 heterocycles. The van der Waals surface area contributed by atoms with Crippen molar-refractivity contribution >= 4 is 11.6 Å². The lowest BCUT2D eigenvalue weighted by Gasteiger charge is -2.28. The second-order valence-electron chi connectivity index (χ2n) is 5.85. The molecule has 2 atom stereocenters. The molecule has 1 aromatic heterocycles. The molecule has 1 saturated carbocycles. The number of rotatable bonds is 5. The van der Waals surface area contributed by atoms with Crippen LogP contribution in [0.25, 0.3) is 0 Å². The van der Waals surface area contributed by atoms with Crippen molar-refractivity contribution in [2.45, 2.75) is 57.6 Å². The third kappa shape index (κ3) is 3.39. The van der Waals surface area contributed by atoms with E-state index in [0.29, 0.717) is 18.1 Å². The number of aromatic nitrogens is 2. The van der Waals surface area contributed by atoms with Gasteiger partial charge in [-0.25, -0.2) is 9.97 Å². The summed E-state index contributed by atoms with van der Waals surface area (Å²) in [6.07, 6.45) is 4.87. The quantitative estimate of drug-likeness (QED) is 0.866. The average molecular weight is 276 g/mol. The Balaban J connectivity index is 1.73. The van der Waals surface area contributed by atoms with E-state index in [0.717, 1.165) is 43.5 Å². The molecule has 0 amide bonds. The van der Waals surface area contributed by atoms with Gasteiger partial charge in [-0.3, -0.25) is 0 Å². The third-order valence-electron chi connectivity index (χ3n) is 3.88. The summed E-state index contributed by atoms with van der Waals surface area (Å²) in [5.74, 6) is 3.46. The molecule has 1 aliphatic carbocycles. The van der Waals surface area contributed by atoms with Crippen molar-refractivity contribution in [3.05, 3.63) is 11.9 Å². The van der Waals surface area contributed by atoms with Crippen molar-refractivity contribution in [1.82, 2.24) is 9.97 Å². The Hall–Kier alpha value is -1.36. The Morgan fingerprint density at radius 2 is 2.05 bits per heavy atom. The van der Waals surface area contributed by atoms with Crippen LogP contribution in [-0.4, -0.2) is 35.3 Å². The minimum atomic E-state index is 0.333. The molecule has 0 spiro atoms. The van der Waals surface area contributed by atoms with Crippen LogP contribution in [0, 0.1) is 0 Å². The molecule has 1 aromatic rings. The van der Waals surface area contributed by atoms with Crippen LogP contribution in [0.3, 0.4) is 0 Å². The molecule has 2 fully saturated rings. The van der Waals surface area contributed by atoms with E-state index >= 15 is 0 Å². The van der Waals surface area contributed by atoms with Gasteiger partial charge in [-0.1, -0.05) is 0 Å². The van der Waals surface area contributed by atoms with E-state index in [4.69, 9.17) is 9.72 Å². The normalized spacial score (nSPS) is 26.3. The molecule has 0 radical (unpaired) electrons. The van der Waals surface area contributed by atoms with E-state index in [2.05, 4.69) is 29.5 Å². The number of nitrogens with zero attached hydrogens (tertiary/aromatic N) is 2. The van der Waals surface area contributed by atoms with Crippen LogP contribution in [0.15, 0.2) is 6.07 Å². The first-order valence-corrected chi connectivity index (χ1v) is 7.75. The van der Waals surface area contributed by atoms with Gasteiger partial charge >= 0.3 is 0 Å². The van der Waals surface area contributed by atoms with Gasteiger partial charge in [-0.05, 0) is 39.5 Å². The Labute approximate surface area is 120 Å². The Morgan fingerprint density at radius 1 is 1.25 bits per heavy atom. The minimum absolute atomic E-state index is 0.333. The highest BCUT2D eigenvalue weighted by Gasteiger charge is 2.28. The first kappa shape index (κ1) is 13.6. The molecular weight excluding hydrogens is 252 g/mol. The van der Waals surface area contributed by atoms with Crippen LogP contribution in [0.5, 0.6) is 0 Å². The van der Waals surface area contributed by atoms with Crippen LogP contribution in [0.2, 0.25) is 0 Å². The van der Waals surface area contributed by atoms with E-state index in [1.807, 2.05) is 6.07 Å². The lowest BCUT2D eigenvalue weighted by molar-refractivity contribution is 0.0232. The summed E-state index contributed by atoms with van der Waals surface area (Å²) in [6, 6.07) is 2.48. The monoisotopic (exact) mass is 276 g/mol. The van der Waals surface area contributed by atoms with E-state index in [1.165, 1.54) is 12.8 Å². The van der Waals surface area contributed by atoms with Crippen molar-refractivity contribution < 1.29 is 4.74 Å². The van der Waals surface area contributed by atoms with Gasteiger partial charge in [0.1, 0.15) is 17.5 Å². The van der Waals surface area contributed by atoms with Gasteiger partial charge in [-0.15, -0.1) is 0 Å². The van der Waals surface area contributed by atoms with Crippen LogP contribution in [0.4, 0.5) is 11.6 Å². The number of anilines is 2. The van der Waals surface area contributed by atoms with Crippen molar-refractivity contribution in [2.24, 2.45) is 0 Å². The molecule has 20 heavy (non-hydrogen) atoms.